The van der Waals surface area contributed by atoms with Crippen molar-refractivity contribution >= 4 is 34.4 Å². The van der Waals surface area contributed by atoms with Crippen LogP contribution in [0.25, 0.3) is 32.1 Å². The Kier molecular flexibility index (Phi) is 4.52. The van der Waals surface area contributed by atoms with Gasteiger partial charge in [0.2, 0.25) is 0 Å². The quantitative estimate of drug-likeness (QED) is 0.364. The fraction of sp³-hybridized carbons (Fsp3) is 0.0500. The van der Waals surface area contributed by atoms with Gasteiger partial charge in [0.05, 0.1) is 10.6 Å². The Labute approximate surface area is 154 Å². The summed E-state index contributed by atoms with van der Waals surface area (Å²) in [5.41, 5.74) is 4.71. The highest BCUT2D eigenvalue weighted by molar-refractivity contribution is 7.98. The molecule has 3 aromatic heterocycles. The standard InChI is InChI=1S/C20H15NS3/c1-22-20-15(14-7-3-2-4-8-14)13-16(17-9-5-11-23-17)19(21-20)18-10-6-12-24-18/h2-13H,1H3. The Hall–Kier alpha value is -1.88. The molecule has 0 atom stereocenters. The Morgan fingerprint density at radius 1 is 0.792 bits per heavy atom. The third-order valence-corrected chi connectivity index (χ3v) is 6.28. The van der Waals surface area contributed by atoms with Crippen molar-refractivity contribution in [2.45, 2.75) is 5.03 Å². The maximum atomic E-state index is 5.05. The third-order valence-electron chi connectivity index (χ3n) is 3.81. The van der Waals surface area contributed by atoms with E-state index >= 15 is 0 Å². The first-order valence-electron chi connectivity index (χ1n) is 7.59. The maximum absolute atomic E-state index is 5.05. The maximum Gasteiger partial charge on any atom is 0.104 e. The summed E-state index contributed by atoms with van der Waals surface area (Å²) in [6.07, 6.45) is 2.10. The van der Waals surface area contributed by atoms with Gasteiger partial charge in [-0.05, 0) is 40.8 Å². The Bertz CT molecular complexity index is 927. The van der Waals surface area contributed by atoms with Crippen LogP contribution in [-0.2, 0) is 0 Å². The zero-order valence-electron chi connectivity index (χ0n) is 13.1. The molecule has 1 nitrogen and oxygen atoms in total. The van der Waals surface area contributed by atoms with Crippen molar-refractivity contribution in [3.63, 3.8) is 0 Å². The molecule has 4 rings (SSSR count). The molecule has 1 aromatic carbocycles. The molecule has 0 N–H and O–H groups in total. The molecule has 24 heavy (non-hydrogen) atoms. The van der Waals surface area contributed by atoms with Gasteiger partial charge >= 0.3 is 0 Å². The fourth-order valence-corrected chi connectivity index (χ4v) is 4.75. The summed E-state index contributed by atoms with van der Waals surface area (Å²) in [6, 6.07) is 21.3. The SMILES string of the molecule is CSc1nc(-c2cccs2)c(-c2cccs2)cc1-c1ccccc1. The first kappa shape index (κ1) is 15.6. The van der Waals surface area contributed by atoms with Crippen LogP contribution in [0, 0.1) is 0 Å². The highest BCUT2D eigenvalue weighted by atomic mass is 32.2. The van der Waals surface area contributed by atoms with Crippen molar-refractivity contribution in [3.8, 4) is 32.1 Å². The molecule has 0 aliphatic carbocycles. The summed E-state index contributed by atoms with van der Waals surface area (Å²) in [7, 11) is 0. The molecule has 4 heteroatoms. The van der Waals surface area contributed by atoms with Crippen LogP contribution in [-0.4, -0.2) is 11.2 Å². The summed E-state index contributed by atoms with van der Waals surface area (Å²) in [4.78, 5) is 7.52. The van der Waals surface area contributed by atoms with E-state index in [4.69, 9.17) is 4.98 Å². The van der Waals surface area contributed by atoms with Gasteiger partial charge in [-0.3, -0.25) is 0 Å². The predicted octanol–water partition coefficient (Wildman–Crippen LogP) is 6.93. The van der Waals surface area contributed by atoms with Gasteiger partial charge in [0.25, 0.3) is 0 Å². The van der Waals surface area contributed by atoms with Crippen LogP contribution in [0.1, 0.15) is 0 Å². The van der Waals surface area contributed by atoms with Crippen LogP contribution in [0.3, 0.4) is 0 Å². The van der Waals surface area contributed by atoms with Crippen molar-refractivity contribution in [1.29, 1.82) is 0 Å². The second kappa shape index (κ2) is 6.93. The second-order valence-corrected chi connectivity index (χ2v) is 7.95. The lowest BCUT2D eigenvalue weighted by Gasteiger charge is -2.13. The fourth-order valence-electron chi connectivity index (χ4n) is 2.70. The molecule has 118 valence electrons. The Morgan fingerprint density at radius 3 is 2.12 bits per heavy atom. The molecule has 4 aromatic rings. The number of rotatable bonds is 4. The van der Waals surface area contributed by atoms with Crippen LogP contribution >= 0.6 is 34.4 Å². The van der Waals surface area contributed by atoms with Crippen molar-refractivity contribution < 1.29 is 0 Å². The average molecular weight is 366 g/mol. The molecular formula is C20H15NS3. The highest BCUT2D eigenvalue weighted by Crippen LogP contribution is 2.41. The van der Waals surface area contributed by atoms with Crippen molar-refractivity contribution in [2.75, 3.05) is 6.26 Å². The number of pyridine rings is 1. The van der Waals surface area contributed by atoms with E-state index in [1.165, 1.54) is 26.4 Å². The molecule has 3 heterocycles. The normalized spacial score (nSPS) is 10.9. The molecule has 0 aliphatic rings. The zero-order valence-corrected chi connectivity index (χ0v) is 15.5. The molecule has 0 amide bonds. The highest BCUT2D eigenvalue weighted by Gasteiger charge is 2.16. The van der Waals surface area contributed by atoms with Crippen LogP contribution in [0.4, 0.5) is 0 Å². The Morgan fingerprint density at radius 2 is 1.50 bits per heavy atom. The molecule has 0 aliphatic heterocycles. The van der Waals surface area contributed by atoms with E-state index in [1.54, 1.807) is 34.4 Å². The molecule has 0 spiro atoms. The lowest BCUT2D eigenvalue weighted by atomic mass is 10.0. The van der Waals surface area contributed by atoms with Gasteiger partial charge in [-0.15, -0.1) is 34.4 Å². The summed E-state index contributed by atoms with van der Waals surface area (Å²) >= 11 is 5.21. The van der Waals surface area contributed by atoms with E-state index in [9.17, 15) is 0 Å². The van der Waals surface area contributed by atoms with Crippen molar-refractivity contribution in [1.82, 2.24) is 4.98 Å². The van der Waals surface area contributed by atoms with Gasteiger partial charge in [-0.2, -0.15) is 0 Å². The van der Waals surface area contributed by atoms with Crippen molar-refractivity contribution in [3.05, 3.63) is 71.4 Å². The summed E-state index contributed by atoms with van der Waals surface area (Å²) in [5, 5.41) is 5.31. The number of benzene rings is 1. The van der Waals surface area contributed by atoms with Gasteiger partial charge < -0.3 is 0 Å². The van der Waals surface area contributed by atoms with Gasteiger partial charge in [0.15, 0.2) is 0 Å². The van der Waals surface area contributed by atoms with E-state index in [0.717, 1.165) is 10.7 Å². The number of hydrogen-bond acceptors (Lipinski definition) is 4. The Balaban J connectivity index is 1.99. The number of aromatic nitrogens is 1. The number of thioether (sulfide) groups is 1. The monoisotopic (exact) mass is 365 g/mol. The molecule has 0 fully saturated rings. The third kappa shape index (κ3) is 2.93. The molecule has 0 unspecified atom stereocenters. The van der Waals surface area contributed by atoms with Gasteiger partial charge in [-0.1, -0.05) is 42.5 Å². The number of nitrogens with zero attached hydrogens (tertiary/aromatic N) is 1. The molecule has 0 saturated carbocycles. The van der Waals surface area contributed by atoms with E-state index in [-0.39, 0.29) is 0 Å². The minimum Gasteiger partial charge on any atom is -0.239 e. The summed E-state index contributed by atoms with van der Waals surface area (Å²) in [5.74, 6) is 0. The lowest BCUT2D eigenvalue weighted by molar-refractivity contribution is 1.16. The number of thiophene rings is 2. The van der Waals surface area contributed by atoms with Gasteiger partial charge in [0.1, 0.15) is 5.03 Å². The first-order chi connectivity index (χ1) is 11.9. The molecule has 0 bridgehead atoms. The topological polar surface area (TPSA) is 12.9 Å². The van der Waals surface area contributed by atoms with E-state index in [0.29, 0.717) is 0 Å². The van der Waals surface area contributed by atoms with E-state index in [1.807, 2.05) is 0 Å². The lowest BCUT2D eigenvalue weighted by Crippen LogP contribution is -1.93. The molecule has 0 radical (unpaired) electrons. The largest absolute Gasteiger partial charge is 0.239 e. The van der Waals surface area contributed by atoms with E-state index < -0.39 is 0 Å². The zero-order chi connectivity index (χ0) is 16.4. The number of hydrogen-bond donors (Lipinski definition) is 0. The minimum atomic E-state index is 1.07. The van der Waals surface area contributed by atoms with Crippen LogP contribution in [0.5, 0.6) is 0 Å². The molecule has 0 saturated heterocycles. The summed E-state index contributed by atoms with van der Waals surface area (Å²) in [6.45, 7) is 0. The smallest absolute Gasteiger partial charge is 0.104 e. The van der Waals surface area contributed by atoms with E-state index in [2.05, 4.69) is 77.7 Å². The van der Waals surface area contributed by atoms with Crippen molar-refractivity contribution in [2.24, 2.45) is 0 Å². The minimum absolute atomic E-state index is 1.07. The molecular weight excluding hydrogens is 350 g/mol. The van der Waals surface area contributed by atoms with Crippen LogP contribution in [0.2, 0.25) is 0 Å². The first-order valence-corrected chi connectivity index (χ1v) is 10.6. The average Bonchev–Trinajstić information content (AvgIpc) is 3.35. The van der Waals surface area contributed by atoms with Crippen LogP contribution < -0.4 is 0 Å². The predicted molar refractivity (Wildman–Crippen MR) is 108 cm³/mol. The second-order valence-electron chi connectivity index (χ2n) is 5.26. The van der Waals surface area contributed by atoms with Crippen LogP contribution in [0.15, 0.2) is 76.4 Å². The van der Waals surface area contributed by atoms with Gasteiger partial charge in [-0.25, -0.2) is 4.98 Å². The van der Waals surface area contributed by atoms with Gasteiger partial charge in [0, 0.05) is 16.0 Å². The summed E-state index contributed by atoms with van der Waals surface area (Å²) < 4.78 is 0.